The van der Waals surface area contributed by atoms with E-state index in [9.17, 15) is 4.79 Å². The van der Waals surface area contributed by atoms with Gasteiger partial charge in [0, 0.05) is 18.8 Å². The number of morpholine rings is 1. The van der Waals surface area contributed by atoms with Crippen LogP contribution in [0.1, 0.15) is 45.4 Å². The summed E-state index contributed by atoms with van der Waals surface area (Å²) >= 11 is 5.22. The summed E-state index contributed by atoms with van der Waals surface area (Å²) in [7, 11) is 0. The molecule has 0 spiro atoms. The van der Waals surface area contributed by atoms with E-state index in [0.29, 0.717) is 24.9 Å². The van der Waals surface area contributed by atoms with Crippen LogP contribution in [-0.4, -0.2) is 55.4 Å². The van der Waals surface area contributed by atoms with Crippen LogP contribution in [0.25, 0.3) is 0 Å². The third-order valence-electron chi connectivity index (χ3n) is 4.60. The van der Waals surface area contributed by atoms with Crippen molar-refractivity contribution in [2.24, 2.45) is 0 Å². The SMILES string of the molecule is CCCCCCCCOc1ccc(NC(=S)NC(=O)CN2CCOCC2)cc1. The third-order valence-corrected chi connectivity index (χ3v) is 4.81. The van der Waals surface area contributed by atoms with Crippen LogP contribution in [0.2, 0.25) is 0 Å². The van der Waals surface area contributed by atoms with Crippen LogP contribution >= 0.6 is 12.2 Å². The highest BCUT2D eigenvalue weighted by Crippen LogP contribution is 2.16. The number of ether oxygens (including phenoxy) is 2. The monoisotopic (exact) mass is 407 g/mol. The first-order valence-corrected chi connectivity index (χ1v) is 10.7. The molecular formula is C21H33N3O3S. The summed E-state index contributed by atoms with van der Waals surface area (Å²) in [5, 5.41) is 6.06. The number of nitrogens with zero attached hydrogens (tertiary/aromatic N) is 1. The van der Waals surface area contributed by atoms with Crippen LogP contribution < -0.4 is 15.4 Å². The summed E-state index contributed by atoms with van der Waals surface area (Å²) in [6, 6.07) is 7.63. The molecule has 1 heterocycles. The molecule has 0 unspecified atom stereocenters. The van der Waals surface area contributed by atoms with Gasteiger partial charge in [-0.15, -0.1) is 0 Å². The predicted octanol–water partition coefficient (Wildman–Crippen LogP) is 3.57. The molecule has 0 aromatic heterocycles. The lowest BCUT2D eigenvalue weighted by Crippen LogP contribution is -2.45. The van der Waals surface area contributed by atoms with Gasteiger partial charge in [0.05, 0.1) is 26.4 Å². The van der Waals surface area contributed by atoms with Crippen molar-refractivity contribution in [3.8, 4) is 5.75 Å². The smallest absolute Gasteiger partial charge is 0.240 e. The van der Waals surface area contributed by atoms with E-state index in [1.54, 1.807) is 0 Å². The molecule has 1 aliphatic rings. The minimum atomic E-state index is -0.113. The van der Waals surface area contributed by atoms with Crippen LogP contribution in [0.5, 0.6) is 5.75 Å². The lowest BCUT2D eigenvalue weighted by atomic mass is 10.1. The lowest BCUT2D eigenvalue weighted by Gasteiger charge is -2.25. The largest absolute Gasteiger partial charge is 0.494 e. The van der Waals surface area contributed by atoms with Gasteiger partial charge in [-0.25, -0.2) is 0 Å². The third kappa shape index (κ3) is 9.48. The van der Waals surface area contributed by atoms with Gasteiger partial charge in [0.2, 0.25) is 5.91 Å². The molecule has 1 aromatic carbocycles. The molecule has 0 bridgehead atoms. The second kappa shape index (κ2) is 13.5. The van der Waals surface area contributed by atoms with E-state index < -0.39 is 0 Å². The number of hydrogen-bond donors (Lipinski definition) is 2. The minimum absolute atomic E-state index is 0.113. The molecule has 1 aromatic rings. The van der Waals surface area contributed by atoms with E-state index in [0.717, 1.165) is 37.6 Å². The molecule has 0 saturated carbocycles. The second-order valence-electron chi connectivity index (χ2n) is 7.03. The summed E-state index contributed by atoms with van der Waals surface area (Å²) in [5.41, 5.74) is 0.823. The van der Waals surface area contributed by atoms with Gasteiger partial charge in [-0.1, -0.05) is 39.0 Å². The predicted molar refractivity (Wildman–Crippen MR) is 117 cm³/mol. The van der Waals surface area contributed by atoms with Crippen LogP contribution in [0.15, 0.2) is 24.3 Å². The van der Waals surface area contributed by atoms with Crippen LogP contribution in [0, 0.1) is 0 Å². The number of thiocarbonyl (C=S) groups is 1. The minimum Gasteiger partial charge on any atom is -0.494 e. The maximum atomic E-state index is 12.1. The van der Waals surface area contributed by atoms with Crippen molar-refractivity contribution in [2.75, 3.05) is 44.8 Å². The van der Waals surface area contributed by atoms with Crippen molar-refractivity contribution in [3.63, 3.8) is 0 Å². The second-order valence-corrected chi connectivity index (χ2v) is 7.44. The molecule has 1 fully saturated rings. The van der Waals surface area contributed by atoms with Crippen LogP contribution in [0.3, 0.4) is 0 Å². The average molecular weight is 408 g/mol. The van der Waals surface area contributed by atoms with Gasteiger partial charge >= 0.3 is 0 Å². The maximum Gasteiger partial charge on any atom is 0.240 e. The number of carbonyl (C=O) groups excluding carboxylic acids is 1. The van der Waals surface area contributed by atoms with Crippen molar-refractivity contribution in [3.05, 3.63) is 24.3 Å². The molecule has 156 valence electrons. The van der Waals surface area contributed by atoms with Gasteiger partial charge in [0.25, 0.3) is 0 Å². The van der Waals surface area contributed by atoms with Crippen LogP contribution in [0.4, 0.5) is 5.69 Å². The average Bonchev–Trinajstić information content (AvgIpc) is 2.69. The first-order valence-electron chi connectivity index (χ1n) is 10.3. The molecule has 1 amide bonds. The highest BCUT2D eigenvalue weighted by molar-refractivity contribution is 7.80. The molecule has 1 saturated heterocycles. The van der Waals surface area contributed by atoms with Crippen molar-refractivity contribution in [2.45, 2.75) is 45.4 Å². The number of rotatable bonds is 11. The molecule has 7 heteroatoms. The molecule has 0 aliphatic carbocycles. The molecule has 1 aliphatic heterocycles. The number of anilines is 1. The van der Waals surface area contributed by atoms with E-state index >= 15 is 0 Å². The summed E-state index contributed by atoms with van der Waals surface area (Å²) in [6.45, 7) is 6.19. The van der Waals surface area contributed by atoms with E-state index in [-0.39, 0.29) is 5.91 Å². The Kier molecular flexibility index (Phi) is 10.9. The van der Waals surface area contributed by atoms with E-state index in [1.165, 1.54) is 32.1 Å². The topological polar surface area (TPSA) is 62.8 Å². The van der Waals surface area contributed by atoms with Gasteiger partial charge in [0.1, 0.15) is 5.75 Å². The Balaban J connectivity index is 1.61. The molecule has 2 N–H and O–H groups in total. The number of amides is 1. The summed E-state index contributed by atoms with van der Waals surface area (Å²) in [6.07, 6.45) is 7.51. The van der Waals surface area contributed by atoms with Crippen LogP contribution in [-0.2, 0) is 9.53 Å². The Labute approximate surface area is 174 Å². The highest BCUT2D eigenvalue weighted by atomic mass is 32.1. The van der Waals surface area contributed by atoms with Gasteiger partial charge in [-0.05, 0) is 42.9 Å². The molecule has 0 atom stereocenters. The molecular weight excluding hydrogens is 374 g/mol. The Bertz CT molecular complexity index is 589. The van der Waals surface area contributed by atoms with Gasteiger partial charge in [-0.2, -0.15) is 0 Å². The zero-order valence-electron chi connectivity index (χ0n) is 16.9. The quantitative estimate of drug-likeness (QED) is 0.432. The first kappa shape index (κ1) is 22.6. The van der Waals surface area contributed by atoms with E-state index in [4.69, 9.17) is 21.7 Å². The number of carbonyl (C=O) groups is 1. The van der Waals surface area contributed by atoms with Crippen molar-refractivity contribution in [1.82, 2.24) is 10.2 Å². The normalized spacial score (nSPS) is 14.5. The maximum absolute atomic E-state index is 12.1. The Morgan fingerprint density at radius 2 is 1.79 bits per heavy atom. The van der Waals surface area contributed by atoms with Crippen molar-refractivity contribution in [1.29, 1.82) is 0 Å². The van der Waals surface area contributed by atoms with E-state index in [2.05, 4.69) is 22.5 Å². The highest BCUT2D eigenvalue weighted by Gasteiger charge is 2.14. The lowest BCUT2D eigenvalue weighted by molar-refractivity contribution is -0.121. The molecule has 2 rings (SSSR count). The summed E-state index contributed by atoms with van der Waals surface area (Å²) in [4.78, 5) is 14.1. The standard InChI is InChI=1S/C21H33N3O3S/c1-2-3-4-5-6-7-14-27-19-10-8-18(9-11-19)22-21(28)23-20(25)17-24-12-15-26-16-13-24/h8-11H,2-7,12-17H2,1H3,(H2,22,23,25,28). The molecule has 28 heavy (non-hydrogen) atoms. The molecule has 6 nitrogen and oxygen atoms in total. The molecule has 0 radical (unpaired) electrons. The fraction of sp³-hybridized carbons (Fsp3) is 0.619. The zero-order chi connectivity index (χ0) is 20.0. The number of unbranched alkanes of at least 4 members (excludes halogenated alkanes) is 5. The summed E-state index contributed by atoms with van der Waals surface area (Å²) < 4.78 is 11.1. The van der Waals surface area contributed by atoms with Gasteiger partial charge < -0.3 is 20.1 Å². The van der Waals surface area contributed by atoms with Gasteiger partial charge in [0.15, 0.2) is 5.11 Å². The number of benzene rings is 1. The zero-order valence-corrected chi connectivity index (χ0v) is 17.7. The van der Waals surface area contributed by atoms with E-state index in [1.807, 2.05) is 24.3 Å². The Morgan fingerprint density at radius 3 is 2.50 bits per heavy atom. The Hall–Kier alpha value is -1.70. The number of nitrogens with one attached hydrogen (secondary N) is 2. The van der Waals surface area contributed by atoms with Crippen molar-refractivity contribution < 1.29 is 14.3 Å². The van der Waals surface area contributed by atoms with Crippen molar-refractivity contribution >= 4 is 28.9 Å². The fourth-order valence-corrected chi connectivity index (χ4v) is 3.23. The Morgan fingerprint density at radius 1 is 1.11 bits per heavy atom. The fourth-order valence-electron chi connectivity index (χ4n) is 3.00. The first-order chi connectivity index (χ1) is 13.7. The van der Waals surface area contributed by atoms with Gasteiger partial charge in [-0.3, -0.25) is 9.69 Å². The number of hydrogen-bond acceptors (Lipinski definition) is 5. The summed E-state index contributed by atoms with van der Waals surface area (Å²) in [5.74, 6) is 0.736.